The number of nitrogens with zero attached hydrogens (tertiary/aromatic N) is 2. The fourth-order valence-corrected chi connectivity index (χ4v) is 1.68. The summed E-state index contributed by atoms with van der Waals surface area (Å²) >= 11 is 0. The molecule has 1 aromatic rings. The van der Waals surface area contributed by atoms with Gasteiger partial charge in [-0.15, -0.1) is 0 Å². The van der Waals surface area contributed by atoms with Crippen LogP contribution in [0.3, 0.4) is 0 Å². The number of hydrogen-bond donors (Lipinski definition) is 0. The molecule has 0 aliphatic rings. The van der Waals surface area contributed by atoms with Crippen LogP contribution in [0.15, 0.2) is 12.1 Å². The van der Waals surface area contributed by atoms with Gasteiger partial charge in [0.1, 0.15) is 5.75 Å². The molecule has 1 atom stereocenters. The summed E-state index contributed by atoms with van der Waals surface area (Å²) in [4.78, 5) is 21.8. The number of aryl methyl sites for hydroxylation is 1. The molecule has 0 aromatic heterocycles. The molecule has 1 rings (SSSR count). The summed E-state index contributed by atoms with van der Waals surface area (Å²) < 4.78 is 9.46. The highest BCUT2D eigenvalue weighted by Crippen LogP contribution is 2.33. The van der Waals surface area contributed by atoms with Gasteiger partial charge in [0, 0.05) is 0 Å². The predicted molar refractivity (Wildman–Crippen MR) is 64.8 cm³/mol. The molecule has 0 saturated carbocycles. The molecule has 0 saturated heterocycles. The number of methoxy groups -OCH3 is 2. The Kier molecular flexibility index (Phi) is 4.42. The third kappa shape index (κ3) is 2.80. The second kappa shape index (κ2) is 5.82. The smallest absolute Gasteiger partial charge is 0.327 e. The molecule has 19 heavy (non-hydrogen) atoms. The molecule has 0 aliphatic heterocycles. The van der Waals surface area contributed by atoms with E-state index in [4.69, 9.17) is 10.00 Å². The molecule has 0 spiro atoms. The molecular formula is C12H12N2O5. The van der Waals surface area contributed by atoms with E-state index in [2.05, 4.69) is 4.74 Å². The van der Waals surface area contributed by atoms with Crippen LogP contribution < -0.4 is 4.74 Å². The lowest BCUT2D eigenvalue weighted by Gasteiger charge is -2.11. The minimum atomic E-state index is -1.34. The summed E-state index contributed by atoms with van der Waals surface area (Å²) in [5.74, 6) is -1.86. The third-order valence-electron chi connectivity index (χ3n) is 2.62. The molecule has 1 unspecified atom stereocenters. The van der Waals surface area contributed by atoms with Crippen molar-refractivity contribution in [3.05, 3.63) is 33.4 Å². The Hall–Kier alpha value is -2.62. The maximum atomic E-state index is 11.5. The van der Waals surface area contributed by atoms with E-state index in [1.165, 1.54) is 19.2 Å². The molecule has 0 radical (unpaired) electrons. The van der Waals surface area contributed by atoms with Gasteiger partial charge in [-0.1, -0.05) is 0 Å². The van der Waals surface area contributed by atoms with Crippen molar-refractivity contribution in [2.45, 2.75) is 12.8 Å². The Morgan fingerprint density at radius 1 is 1.47 bits per heavy atom. The van der Waals surface area contributed by atoms with Crippen molar-refractivity contribution in [1.82, 2.24) is 0 Å². The molecule has 0 aliphatic carbocycles. The number of ether oxygens (including phenoxy) is 2. The second-order valence-corrected chi connectivity index (χ2v) is 3.72. The van der Waals surface area contributed by atoms with Crippen LogP contribution in [0.2, 0.25) is 0 Å². The predicted octanol–water partition coefficient (Wildman–Crippen LogP) is 1.69. The lowest BCUT2D eigenvalue weighted by molar-refractivity contribution is -0.385. The summed E-state index contributed by atoms with van der Waals surface area (Å²) in [5.41, 5.74) is 0.240. The number of nitriles is 1. The first kappa shape index (κ1) is 14.4. The molecule has 0 bridgehead atoms. The Morgan fingerprint density at radius 2 is 2.11 bits per heavy atom. The van der Waals surface area contributed by atoms with Crippen LogP contribution >= 0.6 is 0 Å². The van der Waals surface area contributed by atoms with E-state index in [9.17, 15) is 14.9 Å². The first-order valence-corrected chi connectivity index (χ1v) is 5.26. The number of esters is 1. The summed E-state index contributed by atoms with van der Waals surface area (Å²) in [6, 6.07) is 4.29. The molecular weight excluding hydrogens is 252 g/mol. The maximum Gasteiger partial charge on any atom is 0.327 e. The summed E-state index contributed by atoms with van der Waals surface area (Å²) in [5, 5.41) is 20.0. The standard InChI is InChI=1S/C12H12N2O5/c1-7-4-8(9(6-13)12(15)19-3)10(14(16)17)5-11(7)18-2/h4-5,9H,1-3H3. The molecule has 0 amide bonds. The van der Waals surface area contributed by atoms with Gasteiger partial charge in [0.15, 0.2) is 5.92 Å². The zero-order chi connectivity index (χ0) is 14.6. The Bertz CT molecular complexity index is 562. The zero-order valence-electron chi connectivity index (χ0n) is 10.7. The highest BCUT2D eigenvalue weighted by Gasteiger charge is 2.30. The molecule has 7 heteroatoms. The van der Waals surface area contributed by atoms with Gasteiger partial charge in [-0.05, 0) is 18.6 Å². The largest absolute Gasteiger partial charge is 0.496 e. The van der Waals surface area contributed by atoms with E-state index < -0.39 is 16.8 Å². The van der Waals surface area contributed by atoms with Gasteiger partial charge in [-0.25, -0.2) is 0 Å². The second-order valence-electron chi connectivity index (χ2n) is 3.72. The number of benzene rings is 1. The van der Waals surface area contributed by atoms with Crippen molar-refractivity contribution >= 4 is 11.7 Å². The van der Waals surface area contributed by atoms with Gasteiger partial charge in [0.05, 0.1) is 36.8 Å². The van der Waals surface area contributed by atoms with Gasteiger partial charge >= 0.3 is 5.97 Å². The van der Waals surface area contributed by atoms with Crippen molar-refractivity contribution in [2.75, 3.05) is 14.2 Å². The maximum absolute atomic E-state index is 11.5. The Balaban J connectivity index is 3.49. The summed E-state index contributed by atoms with van der Waals surface area (Å²) in [6.45, 7) is 1.66. The minimum Gasteiger partial charge on any atom is -0.496 e. The first-order valence-electron chi connectivity index (χ1n) is 5.26. The van der Waals surface area contributed by atoms with Crippen LogP contribution in [0.5, 0.6) is 5.75 Å². The van der Waals surface area contributed by atoms with Crippen LogP contribution in [0.25, 0.3) is 0 Å². The van der Waals surface area contributed by atoms with Gasteiger partial charge < -0.3 is 9.47 Å². The van der Waals surface area contributed by atoms with E-state index in [-0.39, 0.29) is 11.3 Å². The van der Waals surface area contributed by atoms with Crippen molar-refractivity contribution in [2.24, 2.45) is 0 Å². The molecule has 100 valence electrons. The molecule has 1 aromatic carbocycles. The third-order valence-corrected chi connectivity index (χ3v) is 2.62. The summed E-state index contributed by atoms with van der Waals surface area (Å²) in [7, 11) is 2.50. The van der Waals surface area contributed by atoms with Gasteiger partial charge in [0.25, 0.3) is 5.69 Å². The Morgan fingerprint density at radius 3 is 2.53 bits per heavy atom. The fraction of sp³-hybridized carbons (Fsp3) is 0.333. The van der Waals surface area contributed by atoms with E-state index >= 15 is 0 Å². The van der Waals surface area contributed by atoms with Crippen molar-refractivity contribution in [1.29, 1.82) is 5.26 Å². The minimum absolute atomic E-state index is 0.00218. The highest BCUT2D eigenvalue weighted by molar-refractivity contribution is 5.83. The fourth-order valence-electron chi connectivity index (χ4n) is 1.68. The van der Waals surface area contributed by atoms with Crippen LogP contribution in [0.4, 0.5) is 5.69 Å². The SMILES string of the molecule is COC(=O)C(C#N)c1cc(C)c(OC)cc1[N+](=O)[O-]. The van der Waals surface area contributed by atoms with Gasteiger partial charge in [-0.2, -0.15) is 5.26 Å². The average Bonchev–Trinajstić information content (AvgIpc) is 2.39. The lowest BCUT2D eigenvalue weighted by atomic mass is 9.96. The number of nitro benzene ring substituents is 1. The Labute approximate surface area is 109 Å². The van der Waals surface area contributed by atoms with E-state index in [0.717, 1.165) is 7.11 Å². The normalized spacial score (nSPS) is 11.3. The zero-order valence-corrected chi connectivity index (χ0v) is 10.7. The topological polar surface area (TPSA) is 102 Å². The number of rotatable bonds is 4. The lowest BCUT2D eigenvalue weighted by Crippen LogP contribution is -2.14. The monoisotopic (exact) mass is 264 g/mol. The number of nitro groups is 1. The highest BCUT2D eigenvalue weighted by atomic mass is 16.6. The molecule has 0 heterocycles. The average molecular weight is 264 g/mol. The van der Waals surface area contributed by atoms with Gasteiger partial charge in [-0.3, -0.25) is 14.9 Å². The molecule has 0 fully saturated rings. The van der Waals surface area contributed by atoms with Crippen molar-refractivity contribution in [3.8, 4) is 11.8 Å². The summed E-state index contributed by atoms with van der Waals surface area (Å²) in [6.07, 6.45) is 0. The number of hydrogen-bond acceptors (Lipinski definition) is 6. The first-order chi connectivity index (χ1) is 8.96. The van der Waals surface area contributed by atoms with Gasteiger partial charge in [0.2, 0.25) is 0 Å². The van der Waals surface area contributed by atoms with Crippen molar-refractivity contribution in [3.63, 3.8) is 0 Å². The quantitative estimate of drug-likeness (QED) is 0.465. The number of carbonyl (C=O) groups excluding carboxylic acids is 1. The van der Waals surface area contributed by atoms with E-state index in [1.54, 1.807) is 13.0 Å². The molecule has 0 N–H and O–H groups in total. The van der Waals surface area contributed by atoms with E-state index in [1.807, 2.05) is 0 Å². The van der Waals surface area contributed by atoms with Crippen LogP contribution in [-0.4, -0.2) is 25.1 Å². The number of carbonyl (C=O) groups is 1. The van der Waals surface area contributed by atoms with Crippen LogP contribution in [0.1, 0.15) is 17.0 Å². The van der Waals surface area contributed by atoms with Crippen LogP contribution in [0, 0.1) is 28.4 Å². The van der Waals surface area contributed by atoms with Crippen molar-refractivity contribution < 1.29 is 19.2 Å². The van der Waals surface area contributed by atoms with Crippen LogP contribution in [-0.2, 0) is 9.53 Å². The molecule has 7 nitrogen and oxygen atoms in total. The van der Waals surface area contributed by atoms with E-state index in [0.29, 0.717) is 11.3 Å².